The van der Waals surface area contributed by atoms with Gasteiger partial charge in [0, 0.05) is 19.5 Å². The van der Waals surface area contributed by atoms with E-state index in [1.807, 2.05) is 6.92 Å². The van der Waals surface area contributed by atoms with Crippen molar-refractivity contribution in [1.29, 1.82) is 0 Å². The molecule has 18 heavy (non-hydrogen) atoms. The molecule has 1 unspecified atom stereocenters. The third-order valence-electron chi connectivity index (χ3n) is 3.42. The Balaban J connectivity index is 2.33. The Morgan fingerprint density at radius 1 is 1.50 bits per heavy atom. The summed E-state index contributed by atoms with van der Waals surface area (Å²) in [6.45, 7) is 6.97. The number of hydrogen-bond acceptors (Lipinski definition) is 3. The van der Waals surface area contributed by atoms with Gasteiger partial charge in [-0.2, -0.15) is 0 Å². The van der Waals surface area contributed by atoms with Gasteiger partial charge in [-0.05, 0) is 24.7 Å². The molecule has 1 N–H and O–H groups in total. The largest absolute Gasteiger partial charge is 0.481 e. The van der Waals surface area contributed by atoms with Crippen LogP contribution in [0.4, 0.5) is 4.79 Å². The zero-order valence-electron chi connectivity index (χ0n) is 10.8. The van der Waals surface area contributed by atoms with Gasteiger partial charge in [0.15, 0.2) is 0 Å². The van der Waals surface area contributed by atoms with E-state index < -0.39 is 5.97 Å². The number of amides is 1. The van der Waals surface area contributed by atoms with E-state index in [4.69, 9.17) is 9.84 Å². The van der Waals surface area contributed by atoms with Crippen LogP contribution in [-0.2, 0) is 9.53 Å². The standard InChI is InChI=1S/C13H21NO4/c1-3-8-18-13(17)14-6-4-11(5-7-14)10(2)9-12(15)16/h3,10-11H,1,4-9H2,2H3,(H,15,16). The quantitative estimate of drug-likeness (QED) is 0.764. The molecule has 1 aliphatic rings. The van der Waals surface area contributed by atoms with E-state index in [1.165, 1.54) is 0 Å². The van der Waals surface area contributed by atoms with Crippen LogP contribution in [0.25, 0.3) is 0 Å². The third kappa shape index (κ3) is 4.39. The van der Waals surface area contributed by atoms with Crippen LogP contribution in [-0.4, -0.2) is 41.8 Å². The maximum atomic E-state index is 11.6. The minimum Gasteiger partial charge on any atom is -0.481 e. The molecular formula is C13H21NO4. The maximum absolute atomic E-state index is 11.6. The van der Waals surface area contributed by atoms with Crippen molar-refractivity contribution in [3.8, 4) is 0 Å². The molecule has 0 bridgehead atoms. The van der Waals surface area contributed by atoms with Crippen molar-refractivity contribution in [1.82, 2.24) is 4.90 Å². The summed E-state index contributed by atoms with van der Waals surface area (Å²) in [6.07, 6.45) is 3.12. The lowest BCUT2D eigenvalue weighted by Gasteiger charge is -2.33. The van der Waals surface area contributed by atoms with E-state index in [9.17, 15) is 9.59 Å². The van der Waals surface area contributed by atoms with Crippen LogP contribution in [0.1, 0.15) is 26.2 Å². The van der Waals surface area contributed by atoms with Crippen molar-refractivity contribution in [2.24, 2.45) is 11.8 Å². The van der Waals surface area contributed by atoms with Gasteiger partial charge in [0.1, 0.15) is 6.61 Å². The van der Waals surface area contributed by atoms with Gasteiger partial charge in [0.05, 0.1) is 0 Å². The number of carboxylic acid groups (broad SMARTS) is 1. The third-order valence-corrected chi connectivity index (χ3v) is 3.42. The second-order valence-corrected chi connectivity index (χ2v) is 4.77. The molecule has 0 radical (unpaired) electrons. The van der Waals surface area contributed by atoms with E-state index in [2.05, 4.69) is 6.58 Å². The Hall–Kier alpha value is -1.52. The number of aliphatic carboxylic acids is 1. The average Bonchev–Trinajstić information content (AvgIpc) is 2.35. The zero-order chi connectivity index (χ0) is 13.5. The second-order valence-electron chi connectivity index (χ2n) is 4.77. The molecule has 1 fully saturated rings. The normalized spacial score (nSPS) is 18.2. The summed E-state index contributed by atoms with van der Waals surface area (Å²) in [5.41, 5.74) is 0. The number of hydrogen-bond donors (Lipinski definition) is 1. The molecule has 0 spiro atoms. The molecule has 0 aromatic carbocycles. The van der Waals surface area contributed by atoms with Crippen molar-refractivity contribution in [2.75, 3.05) is 19.7 Å². The van der Waals surface area contributed by atoms with Crippen LogP contribution in [0.5, 0.6) is 0 Å². The highest BCUT2D eigenvalue weighted by Crippen LogP contribution is 2.27. The van der Waals surface area contributed by atoms with Crippen molar-refractivity contribution in [3.63, 3.8) is 0 Å². The first kappa shape index (κ1) is 14.5. The van der Waals surface area contributed by atoms with Crippen LogP contribution >= 0.6 is 0 Å². The summed E-state index contributed by atoms with van der Waals surface area (Å²) in [7, 11) is 0. The minimum atomic E-state index is -0.754. The molecule has 1 atom stereocenters. The number of ether oxygens (including phenoxy) is 1. The first-order valence-corrected chi connectivity index (χ1v) is 6.29. The van der Waals surface area contributed by atoms with Crippen molar-refractivity contribution in [2.45, 2.75) is 26.2 Å². The summed E-state index contributed by atoms with van der Waals surface area (Å²) >= 11 is 0. The van der Waals surface area contributed by atoms with Gasteiger partial charge in [-0.25, -0.2) is 4.79 Å². The Morgan fingerprint density at radius 2 is 2.11 bits per heavy atom. The molecule has 0 saturated carbocycles. The van der Waals surface area contributed by atoms with Gasteiger partial charge < -0.3 is 14.7 Å². The van der Waals surface area contributed by atoms with E-state index in [1.54, 1.807) is 11.0 Å². The molecule has 1 amide bonds. The number of likely N-dealkylation sites (tertiary alicyclic amines) is 1. The van der Waals surface area contributed by atoms with Crippen LogP contribution in [0.3, 0.4) is 0 Å². The fourth-order valence-electron chi connectivity index (χ4n) is 2.31. The molecule has 1 heterocycles. The smallest absolute Gasteiger partial charge is 0.410 e. The number of carbonyl (C=O) groups is 2. The van der Waals surface area contributed by atoms with Gasteiger partial charge in [0.25, 0.3) is 0 Å². The zero-order valence-corrected chi connectivity index (χ0v) is 10.8. The average molecular weight is 255 g/mol. The molecule has 1 rings (SSSR count). The van der Waals surface area contributed by atoms with Crippen LogP contribution in [0.15, 0.2) is 12.7 Å². The monoisotopic (exact) mass is 255 g/mol. The molecule has 1 aliphatic heterocycles. The molecule has 5 heteroatoms. The number of carbonyl (C=O) groups excluding carboxylic acids is 1. The lowest BCUT2D eigenvalue weighted by molar-refractivity contribution is -0.138. The Bertz CT molecular complexity index is 308. The van der Waals surface area contributed by atoms with E-state index >= 15 is 0 Å². The Kier molecular flexibility index (Phi) is 5.68. The number of carboxylic acids is 1. The first-order chi connectivity index (χ1) is 8.54. The fraction of sp³-hybridized carbons (Fsp3) is 0.692. The highest BCUT2D eigenvalue weighted by atomic mass is 16.6. The number of rotatable bonds is 5. The van der Waals surface area contributed by atoms with Crippen molar-refractivity contribution < 1.29 is 19.4 Å². The van der Waals surface area contributed by atoms with E-state index in [-0.39, 0.29) is 25.0 Å². The summed E-state index contributed by atoms with van der Waals surface area (Å²) < 4.78 is 4.97. The highest BCUT2D eigenvalue weighted by Gasteiger charge is 2.27. The second kappa shape index (κ2) is 7.03. The van der Waals surface area contributed by atoms with Crippen molar-refractivity contribution in [3.05, 3.63) is 12.7 Å². The van der Waals surface area contributed by atoms with Crippen LogP contribution in [0.2, 0.25) is 0 Å². The summed E-state index contributed by atoms with van der Waals surface area (Å²) in [5.74, 6) is -0.214. The number of piperidine rings is 1. The lowest BCUT2D eigenvalue weighted by Crippen LogP contribution is -2.40. The van der Waals surface area contributed by atoms with E-state index in [0.29, 0.717) is 19.0 Å². The Morgan fingerprint density at radius 3 is 2.61 bits per heavy atom. The first-order valence-electron chi connectivity index (χ1n) is 6.29. The molecule has 5 nitrogen and oxygen atoms in total. The molecule has 0 aromatic heterocycles. The predicted octanol–water partition coefficient (Wildman–Crippen LogP) is 2.13. The lowest BCUT2D eigenvalue weighted by atomic mass is 9.84. The Labute approximate surface area is 107 Å². The van der Waals surface area contributed by atoms with Crippen molar-refractivity contribution >= 4 is 12.1 Å². The summed E-state index contributed by atoms with van der Waals surface area (Å²) in [6, 6.07) is 0. The van der Waals surface area contributed by atoms with Gasteiger partial charge >= 0.3 is 12.1 Å². The van der Waals surface area contributed by atoms with Gasteiger partial charge in [-0.1, -0.05) is 19.6 Å². The summed E-state index contributed by atoms with van der Waals surface area (Å²) in [5, 5.41) is 8.76. The predicted molar refractivity (Wildman–Crippen MR) is 67.3 cm³/mol. The van der Waals surface area contributed by atoms with Gasteiger partial charge in [0.2, 0.25) is 0 Å². The highest BCUT2D eigenvalue weighted by molar-refractivity contribution is 5.68. The van der Waals surface area contributed by atoms with Crippen LogP contribution in [0, 0.1) is 11.8 Å². The van der Waals surface area contributed by atoms with Gasteiger partial charge in [-0.15, -0.1) is 0 Å². The van der Waals surface area contributed by atoms with Crippen LogP contribution < -0.4 is 0 Å². The summed E-state index contributed by atoms with van der Waals surface area (Å²) in [4.78, 5) is 23.9. The van der Waals surface area contributed by atoms with Gasteiger partial charge in [-0.3, -0.25) is 4.79 Å². The molecule has 0 aromatic rings. The molecule has 102 valence electrons. The molecular weight excluding hydrogens is 234 g/mol. The minimum absolute atomic E-state index is 0.161. The molecule has 0 aliphatic carbocycles. The maximum Gasteiger partial charge on any atom is 0.410 e. The fourth-order valence-corrected chi connectivity index (χ4v) is 2.31. The topological polar surface area (TPSA) is 66.8 Å². The SMILES string of the molecule is C=CCOC(=O)N1CCC(C(C)CC(=O)O)CC1. The molecule has 1 saturated heterocycles. The van der Waals surface area contributed by atoms with E-state index in [0.717, 1.165) is 12.8 Å². The number of nitrogens with zero attached hydrogens (tertiary/aromatic N) is 1.